The number of hydrogen-bond acceptors (Lipinski definition) is 2. The Hall–Kier alpha value is -0.340. The third-order valence-electron chi connectivity index (χ3n) is 5.13. The van der Waals surface area contributed by atoms with E-state index in [-0.39, 0.29) is 0 Å². The molecule has 2 heteroatoms. The van der Waals surface area contributed by atoms with Gasteiger partial charge in [-0.25, -0.2) is 0 Å². The molecule has 1 saturated carbocycles. The van der Waals surface area contributed by atoms with E-state index < -0.39 is 0 Å². The molecule has 2 atom stereocenters. The first-order valence-electron chi connectivity index (χ1n) is 8.19. The summed E-state index contributed by atoms with van der Waals surface area (Å²) < 4.78 is 0. The summed E-state index contributed by atoms with van der Waals surface area (Å²) in [5, 5.41) is 6.17. The number of hydrogen-bond donors (Lipinski definition) is 1. The fraction of sp³-hybridized carbons (Fsp3) is 0.765. The topological polar surface area (TPSA) is 12.0 Å². The van der Waals surface area contributed by atoms with Crippen LogP contribution in [0.3, 0.4) is 0 Å². The molecule has 0 saturated heterocycles. The Morgan fingerprint density at radius 3 is 2.84 bits per heavy atom. The van der Waals surface area contributed by atoms with E-state index in [4.69, 9.17) is 0 Å². The zero-order chi connectivity index (χ0) is 13.1. The molecule has 2 aliphatic carbocycles. The molecule has 1 heterocycles. The molecule has 1 aromatic rings. The largest absolute Gasteiger partial charge is 0.313 e. The van der Waals surface area contributed by atoms with Gasteiger partial charge in [-0.3, -0.25) is 0 Å². The van der Waals surface area contributed by atoms with Crippen molar-refractivity contribution in [1.82, 2.24) is 5.32 Å². The van der Waals surface area contributed by atoms with E-state index in [1.165, 1.54) is 51.4 Å². The highest BCUT2D eigenvalue weighted by atomic mass is 32.1. The predicted octanol–water partition coefficient (Wildman–Crippen LogP) is 4.73. The fourth-order valence-corrected chi connectivity index (χ4v) is 5.26. The van der Waals surface area contributed by atoms with Gasteiger partial charge in [0.15, 0.2) is 0 Å². The van der Waals surface area contributed by atoms with Gasteiger partial charge in [0, 0.05) is 16.8 Å². The van der Waals surface area contributed by atoms with Crippen molar-refractivity contribution >= 4 is 11.3 Å². The Morgan fingerprint density at radius 2 is 2.05 bits per heavy atom. The molecule has 0 radical (unpaired) electrons. The maximum Gasteiger partial charge on any atom is 0.0164 e. The lowest BCUT2D eigenvalue weighted by Gasteiger charge is -2.38. The van der Waals surface area contributed by atoms with Crippen molar-refractivity contribution in [3.63, 3.8) is 0 Å². The zero-order valence-corrected chi connectivity index (χ0v) is 13.0. The van der Waals surface area contributed by atoms with Crippen molar-refractivity contribution < 1.29 is 0 Å². The zero-order valence-electron chi connectivity index (χ0n) is 12.2. The molecule has 0 aromatic carbocycles. The molecule has 0 aliphatic heterocycles. The first-order valence-corrected chi connectivity index (χ1v) is 9.07. The smallest absolute Gasteiger partial charge is 0.0164 e. The molecular formula is C17H27NS. The molecule has 1 nitrogen and oxygen atoms in total. The Morgan fingerprint density at radius 1 is 1.21 bits per heavy atom. The van der Waals surface area contributed by atoms with Crippen molar-refractivity contribution in [2.45, 2.75) is 70.3 Å². The second-order valence-electron chi connectivity index (χ2n) is 6.28. The molecular weight excluding hydrogens is 250 g/mol. The van der Waals surface area contributed by atoms with Gasteiger partial charge in [0.2, 0.25) is 0 Å². The first kappa shape index (κ1) is 13.6. The van der Waals surface area contributed by atoms with Gasteiger partial charge in [-0.1, -0.05) is 26.2 Å². The molecule has 2 unspecified atom stereocenters. The van der Waals surface area contributed by atoms with Crippen molar-refractivity contribution in [3.05, 3.63) is 21.9 Å². The molecule has 0 spiro atoms. The van der Waals surface area contributed by atoms with Gasteiger partial charge >= 0.3 is 0 Å². The summed E-state index contributed by atoms with van der Waals surface area (Å²) in [6.45, 7) is 3.39. The molecule has 3 rings (SSSR count). The predicted molar refractivity (Wildman–Crippen MR) is 84.0 cm³/mol. The van der Waals surface area contributed by atoms with Crippen LogP contribution in [-0.4, -0.2) is 12.6 Å². The number of fused-ring (bicyclic) bond motifs is 1. The summed E-state index contributed by atoms with van der Waals surface area (Å²) in [4.78, 5) is 1.68. The van der Waals surface area contributed by atoms with Crippen LogP contribution < -0.4 is 5.32 Å². The van der Waals surface area contributed by atoms with Crippen molar-refractivity contribution in [2.24, 2.45) is 5.92 Å². The van der Waals surface area contributed by atoms with Gasteiger partial charge < -0.3 is 5.32 Å². The summed E-state index contributed by atoms with van der Waals surface area (Å²) in [7, 11) is 0. The molecule has 19 heavy (non-hydrogen) atoms. The van der Waals surface area contributed by atoms with Gasteiger partial charge in [0.05, 0.1) is 0 Å². The van der Waals surface area contributed by atoms with Crippen LogP contribution >= 0.6 is 11.3 Å². The Kier molecular flexibility index (Phi) is 4.60. The lowest BCUT2D eigenvalue weighted by molar-refractivity contribution is 0.231. The summed E-state index contributed by atoms with van der Waals surface area (Å²) in [5.74, 6) is 1.71. The summed E-state index contributed by atoms with van der Waals surface area (Å²) in [5.41, 5.74) is 1.69. The second-order valence-corrected chi connectivity index (χ2v) is 7.28. The van der Waals surface area contributed by atoms with Crippen LogP contribution in [0.1, 0.15) is 68.2 Å². The maximum atomic E-state index is 3.86. The van der Waals surface area contributed by atoms with Gasteiger partial charge in [-0.15, -0.1) is 11.3 Å². The maximum absolute atomic E-state index is 3.86. The highest BCUT2D eigenvalue weighted by molar-refractivity contribution is 7.10. The summed E-state index contributed by atoms with van der Waals surface area (Å²) in [6, 6.07) is 3.15. The quantitative estimate of drug-likeness (QED) is 0.839. The van der Waals surface area contributed by atoms with E-state index in [2.05, 4.69) is 23.7 Å². The normalized spacial score (nSPS) is 26.1. The Bertz CT molecular complexity index is 392. The molecule has 0 bridgehead atoms. The highest BCUT2D eigenvalue weighted by Gasteiger charge is 2.33. The minimum Gasteiger partial charge on any atom is -0.313 e. The molecule has 1 fully saturated rings. The molecule has 1 aromatic heterocycles. The van der Waals surface area contributed by atoms with Crippen LogP contribution in [-0.2, 0) is 6.42 Å². The standard InChI is InChI=1S/C17H27NS/c1-2-18-17(13-7-4-3-5-8-13)15-9-6-10-16-14(15)11-12-19-16/h11-13,15,17-18H,2-10H2,1H3. The number of aryl methyl sites for hydroxylation is 1. The minimum atomic E-state index is 0.735. The van der Waals surface area contributed by atoms with Crippen LogP contribution in [0.15, 0.2) is 11.4 Å². The minimum absolute atomic E-state index is 0.735. The molecule has 0 amide bonds. The molecule has 106 valence electrons. The van der Waals surface area contributed by atoms with Gasteiger partial charge in [0.1, 0.15) is 0 Å². The van der Waals surface area contributed by atoms with Gasteiger partial charge in [-0.2, -0.15) is 0 Å². The third kappa shape index (κ3) is 2.90. The van der Waals surface area contributed by atoms with E-state index in [1.807, 2.05) is 11.3 Å². The van der Waals surface area contributed by atoms with Crippen LogP contribution in [0, 0.1) is 5.92 Å². The molecule has 2 aliphatic rings. The summed E-state index contributed by atoms with van der Waals surface area (Å²) in [6.07, 6.45) is 11.4. The van der Waals surface area contributed by atoms with Crippen LogP contribution in [0.4, 0.5) is 0 Å². The number of rotatable bonds is 4. The van der Waals surface area contributed by atoms with Crippen LogP contribution in [0.2, 0.25) is 0 Å². The lowest BCUT2D eigenvalue weighted by atomic mass is 9.73. The van der Waals surface area contributed by atoms with Crippen molar-refractivity contribution in [1.29, 1.82) is 0 Å². The van der Waals surface area contributed by atoms with Crippen molar-refractivity contribution in [3.8, 4) is 0 Å². The van der Waals surface area contributed by atoms with E-state index in [9.17, 15) is 0 Å². The molecule has 1 N–H and O–H groups in total. The Balaban J connectivity index is 1.80. The van der Waals surface area contributed by atoms with E-state index in [1.54, 1.807) is 10.4 Å². The lowest BCUT2D eigenvalue weighted by Crippen LogP contribution is -2.42. The van der Waals surface area contributed by atoms with E-state index in [0.29, 0.717) is 0 Å². The monoisotopic (exact) mass is 277 g/mol. The highest BCUT2D eigenvalue weighted by Crippen LogP contribution is 2.41. The number of likely N-dealkylation sites (N-methyl/N-ethyl adjacent to an activating group) is 1. The second kappa shape index (κ2) is 6.41. The average molecular weight is 277 g/mol. The van der Waals surface area contributed by atoms with Crippen LogP contribution in [0.25, 0.3) is 0 Å². The Labute approximate surface area is 121 Å². The van der Waals surface area contributed by atoms with Crippen molar-refractivity contribution in [2.75, 3.05) is 6.54 Å². The number of thiophene rings is 1. The summed E-state index contributed by atoms with van der Waals surface area (Å²) >= 11 is 1.98. The van der Waals surface area contributed by atoms with Crippen LogP contribution in [0.5, 0.6) is 0 Å². The van der Waals surface area contributed by atoms with Gasteiger partial charge in [0.25, 0.3) is 0 Å². The first-order chi connectivity index (χ1) is 9.40. The van der Waals surface area contributed by atoms with Gasteiger partial charge in [-0.05, 0) is 61.6 Å². The fourth-order valence-electron chi connectivity index (χ4n) is 4.26. The third-order valence-corrected chi connectivity index (χ3v) is 6.13. The number of nitrogens with one attached hydrogen (secondary N) is 1. The average Bonchev–Trinajstić information content (AvgIpc) is 2.94. The van der Waals surface area contributed by atoms with E-state index in [0.717, 1.165) is 24.4 Å². The van der Waals surface area contributed by atoms with E-state index >= 15 is 0 Å². The SMILES string of the molecule is CCNC(C1CCCCC1)C1CCCc2sccc21.